The first-order chi connectivity index (χ1) is 15.3. The molecule has 0 spiro atoms. The van der Waals surface area contributed by atoms with Gasteiger partial charge >= 0.3 is 0 Å². The highest BCUT2D eigenvalue weighted by molar-refractivity contribution is 5.92. The summed E-state index contributed by atoms with van der Waals surface area (Å²) in [6.07, 6.45) is 4.34. The number of amides is 1. The van der Waals surface area contributed by atoms with Gasteiger partial charge in [-0.15, -0.1) is 0 Å². The molecule has 1 fully saturated rings. The zero-order valence-corrected chi connectivity index (χ0v) is 18.2. The molecule has 4 rings (SSSR count). The number of aromatic nitrogens is 4. The molecular weight excluding hydrogens is 414 g/mol. The van der Waals surface area contributed by atoms with Gasteiger partial charge in [0.2, 0.25) is 5.91 Å². The Morgan fingerprint density at radius 3 is 2.41 bits per heavy atom. The number of rotatable bonds is 4. The average molecular weight is 438 g/mol. The number of imidazole rings is 1. The number of carbonyl (C=O) groups is 1. The van der Waals surface area contributed by atoms with E-state index in [9.17, 15) is 13.6 Å². The van der Waals surface area contributed by atoms with E-state index in [2.05, 4.69) is 19.9 Å². The van der Waals surface area contributed by atoms with E-state index >= 15 is 0 Å². The van der Waals surface area contributed by atoms with Crippen LogP contribution in [0.2, 0.25) is 0 Å². The lowest BCUT2D eigenvalue weighted by atomic mass is 10.2. The Morgan fingerprint density at radius 2 is 1.72 bits per heavy atom. The minimum Gasteiger partial charge on any atom is -0.353 e. The number of benzene rings is 1. The van der Waals surface area contributed by atoms with E-state index < -0.39 is 11.6 Å². The fraction of sp³-hybridized carbons (Fsp3) is 0.304. The van der Waals surface area contributed by atoms with Crippen LogP contribution in [-0.2, 0) is 4.79 Å². The van der Waals surface area contributed by atoms with Gasteiger partial charge in [-0.05, 0) is 45.0 Å². The van der Waals surface area contributed by atoms with Crippen LogP contribution in [0.15, 0.2) is 36.7 Å². The van der Waals surface area contributed by atoms with Crippen molar-refractivity contribution < 1.29 is 13.6 Å². The molecule has 0 atom stereocenters. The van der Waals surface area contributed by atoms with Gasteiger partial charge in [0.05, 0.1) is 5.69 Å². The Hall–Kier alpha value is -3.62. The topological polar surface area (TPSA) is 67.2 Å². The molecule has 7 nitrogen and oxygen atoms in total. The van der Waals surface area contributed by atoms with Crippen LogP contribution in [-0.4, -0.2) is 56.5 Å². The summed E-state index contributed by atoms with van der Waals surface area (Å²) in [5.41, 5.74) is 2.01. The van der Waals surface area contributed by atoms with Crippen LogP contribution in [0.4, 0.5) is 14.6 Å². The molecule has 1 aliphatic rings. The lowest BCUT2D eigenvalue weighted by Crippen LogP contribution is -2.48. The molecule has 1 saturated heterocycles. The molecule has 3 aromatic rings. The summed E-state index contributed by atoms with van der Waals surface area (Å²) in [5.74, 6) is 0.845. The van der Waals surface area contributed by atoms with Crippen molar-refractivity contribution in [3.8, 4) is 5.82 Å². The third-order valence-corrected chi connectivity index (χ3v) is 5.59. The molecule has 2 aromatic heterocycles. The fourth-order valence-corrected chi connectivity index (χ4v) is 3.62. The van der Waals surface area contributed by atoms with E-state index in [1.54, 1.807) is 11.2 Å². The Balaban J connectivity index is 1.43. The maximum atomic E-state index is 13.7. The second kappa shape index (κ2) is 8.86. The molecule has 0 bridgehead atoms. The van der Waals surface area contributed by atoms with E-state index in [1.165, 1.54) is 12.2 Å². The van der Waals surface area contributed by atoms with Crippen LogP contribution in [0, 0.1) is 32.4 Å². The number of piperazine rings is 1. The molecule has 0 N–H and O–H groups in total. The number of nitrogens with zero attached hydrogens (tertiary/aromatic N) is 6. The van der Waals surface area contributed by atoms with Gasteiger partial charge in [0.1, 0.15) is 35.4 Å². The number of hydrogen-bond acceptors (Lipinski definition) is 5. The highest BCUT2D eigenvalue weighted by atomic mass is 19.1. The lowest BCUT2D eigenvalue weighted by Gasteiger charge is -2.35. The lowest BCUT2D eigenvalue weighted by molar-refractivity contribution is -0.126. The van der Waals surface area contributed by atoms with Gasteiger partial charge in [0.25, 0.3) is 0 Å². The van der Waals surface area contributed by atoms with Gasteiger partial charge in [0.15, 0.2) is 0 Å². The van der Waals surface area contributed by atoms with E-state index in [4.69, 9.17) is 0 Å². The Labute approximate surface area is 185 Å². The van der Waals surface area contributed by atoms with Gasteiger partial charge in [-0.25, -0.2) is 23.7 Å². The largest absolute Gasteiger partial charge is 0.353 e. The molecule has 0 aliphatic carbocycles. The normalized spacial score (nSPS) is 14.4. The first-order valence-electron chi connectivity index (χ1n) is 10.4. The van der Waals surface area contributed by atoms with Crippen LogP contribution in [0.3, 0.4) is 0 Å². The van der Waals surface area contributed by atoms with Gasteiger partial charge in [-0.2, -0.15) is 0 Å². The minimum atomic E-state index is -0.571. The van der Waals surface area contributed by atoms with Crippen molar-refractivity contribution >= 4 is 17.8 Å². The second-order valence-electron chi connectivity index (χ2n) is 7.73. The quantitative estimate of drug-likeness (QED) is 0.585. The van der Waals surface area contributed by atoms with Gasteiger partial charge in [0, 0.05) is 49.6 Å². The highest BCUT2D eigenvalue weighted by Gasteiger charge is 2.22. The SMILES string of the molecule is Cc1nc(N2CCN(C(=O)/C=C/c3cc(F)ccc3F)CC2)cc(-n2cnc(C)c2C)n1. The van der Waals surface area contributed by atoms with Crippen molar-refractivity contribution in [2.45, 2.75) is 20.8 Å². The number of hydrogen-bond donors (Lipinski definition) is 0. The van der Waals surface area contributed by atoms with Crippen molar-refractivity contribution in [3.63, 3.8) is 0 Å². The third kappa shape index (κ3) is 4.51. The first-order valence-corrected chi connectivity index (χ1v) is 10.4. The van der Waals surface area contributed by atoms with Crippen molar-refractivity contribution in [2.75, 3.05) is 31.1 Å². The second-order valence-corrected chi connectivity index (χ2v) is 7.73. The van der Waals surface area contributed by atoms with E-state index in [-0.39, 0.29) is 11.5 Å². The van der Waals surface area contributed by atoms with Crippen LogP contribution < -0.4 is 4.90 Å². The van der Waals surface area contributed by atoms with Crippen molar-refractivity contribution in [2.24, 2.45) is 0 Å². The molecule has 0 unspecified atom stereocenters. The van der Waals surface area contributed by atoms with Crippen LogP contribution >= 0.6 is 0 Å². The van der Waals surface area contributed by atoms with Crippen LogP contribution in [0.5, 0.6) is 0 Å². The molecule has 1 aromatic carbocycles. The Kier molecular flexibility index (Phi) is 5.98. The number of anilines is 1. The van der Waals surface area contributed by atoms with Crippen molar-refractivity contribution in [1.29, 1.82) is 0 Å². The predicted octanol–water partition coefficient (Wildman–Crippen LogP) is 3.23. The fourth-order valence-electron chi connectivity index (χ4n) is 3.62. The molecule has 32 heavy (non-hydrogen) atoms. The highest BCUT2D eigenvalue weighted by Crippen LogP contribution is 2.20. The van der Waals surface area contributed by atoms with Crippen LogP contribution in [0.25, 0.3) is 11.9 Å². The van der Waals surface area contributed by atoms with Gasteiger partial charge < -0.3 is 9.80 Å². The molecule has 9 heteroatoms. The average Bonchev–Trinajstić information content (AvgIpc) is 3.12. The summed E-state index contributed by atoms with van der Waals surface area (Å²) < 4.78 is 29.0. The summed E-state index contributed by atoms with van der Waals surface area (Å²) in [7, 11) is 0. The monoisotopic (exact) mass is 438 g/mol. The molecule has 0 radical (unpaired) electrons. The summed E-state index contributed by atoms with van der Waals surface area (Å²) >= 11 is 0. The zero-order chi connectivity index (χ0) is 22.8. The molecule has 1 aliphatic heterocycles. The molecule has 1 amide bonds. The molecule has 3 heterocycles. The van der Waals surface area contributed by atoms with Crippen LogP contribution in [0.1, 0.15) is 22.8 Å². The van der Waals surface area contributed by atoms with E-state index in [0.717, 1.165) is 41.2 Å². The standard InChI is InChI=1S/C23H24F2N6O/c1-15-16(2)31(14-26-15)22-13-21(27-17(3)28-22)29-8-10-30(11-9-29)23(32)7-4-18-12-19(24)5-6-20(18)25/h4-7,12-14H,8-11H2,1-3H3/b7-4+. The summed E-state index contributed by atoms with van der Waals surface area (Å²) in [6.45, 7) is 7.99. The molecular formula is C23H24F2N6O. The number of halogens is 2. The number of aryl methyl sites for hydroxylation is 2. The van der Waals surface area contributed by atoms with Gasteiger partial charge in [-0.3, -0.25) is 9.36 Å². The smallest absolute Gasteiger partial charge is 0.246 e. The van der Waals surface area contributed by atoms with E-state index in [1.807, 2.05) is 31.4 Å². The van der Waals surface area contributed by atoms with Gasteiger partial charge in [-0.1, -0.05) is 0 Å². The van der Waals surface area contributed by atoms with Crippen molar-refractivity contribution in [1.82, 2.24) is 24.4 Å². The summed E-state index contributed by atoms with van der Waals surface area (Å²) in [6, 6.07) is 5.08. The zero-order valence-electron chi connectivity index (χ0n) is 18.2. The molecule has 166 valence electrons. The summed E-state index contributed by atoms with van der Waals surface area (Å²) in [5, 5.41) is 0. The Morgan fingerprint density at radius 1 is 1.00 bits per heavy atom. The maximum absolute atomic E-state index is 13.7. The summed E-state index contributed by atoms with van der Waals surface area (Å²) in [4.78, 5) is 29.7. The molecule has 0 saturated carbocycles. The number of carbonyl (C=O) groups excluding carboxylic acids is 1. The Bertz CT molecular complexity index is 1180. The first kappa shape index (κ1) is 21.6. The van der Waals surface area contributed by atoms with Crippen molar-refractivity contribution in [3.05, 3.63) is 71.1 Å². The van der Waals surface area contributed by atoms with E-state index in [0.29, 0.717) is 32.0 Å². The maximum Gasteiger partial charge on any atom is 0.246 e. The minimum absolute atomic E-state index is 0.0472. The predicted molar refractivity (Wildman–Crippen MR) is 118 cm³/mol. The third-order valence-electron chi connectivity index (χ3n) is 5.59.